The van der Waals surface area contributed by atoms with Gasteiger partial charge < -0.3 is 24.1 Å². The van der Waals surface area contributed by atoms with Gasteiger partial charge in [-0.15, -0.1) is 0 Å². The van der Waals surface area contributed by atoms with E-state index in [1.807, 2.05) is 6.07 Å². The van der Waals surface area contributed by atoms with Crippen molar-refractivity contribution in [2.75, 3.05) is 25.6 Å². The lowest BCUT2D eigenvalue weighted by atomic mass is 9.51. The number of nitrogens with one attached hydrogen (secondary N) is 1. The van der Waals surface area contributed by atoms with E-state index in [1.54, 1.807) is 20.4 Å². The van der Waals surface area contributed by atoms with Crippen LogP contribution in [0.25, 0.3) is 11.3 Å². The molecule has 0 saturated heterocycles. The molecule has 8 heteroatoms. The number of anilines is 1. The van der Waals surface area contributed by atoms with E-state index in [-0.39, 0.29) is 28.8 Å². The molecule has 1 N–H and O–H groups in total. The molecule has 0 spiro atoms. The van der Waals surface area contributed by atoms with Gasteiger partial charge in [-0.3, -0.25) is 4.79 Å². The number of ether oxygens (including phenoxy) is 2. The summed E-state index contributed by atoms with van der Waals surface area (Å²) in [6, 6.07) is 15.0. The Morgan fingerprint density at radius 1 is 0.978 bits per heavy atom. The standard InChI is InChI=1S/C38H47N3O5/c1-25-21-29(11-14-33(25)44-3)38-18-15-37(16-19-38,17-20-38)24-41(35(42)27-9-12-31(13-10-27)46-36(43)39-2)30-6-4-5-28(22-30)32-23-45-34(40-32)26-7-8-26/h4-6,11,14,21-23,26-27,31H,7-10,12-13,15-20,24H2,1-3H3,(H,39,43). The summed E-state index contributed by atoms with van der Waals surface area (Å²) in [5, 5.41) is 2.54. The number of nitrogens with zero attached hydrogens (tertiary/aromatic N) is 2. The fourth-order valence-corrected chi connectivity index (χ4v) is 8.40. The number of methoxy groups -OCH3 is 1. The second kappa shape index (κ2) is 12.4. The molecule has 0 aliphatic heterocycles. The number of rotatable bonds is 9. The molecule has 5 fully saturated rings. The van der Waals surface area contributed by atoms with Crippen molar-refractivity contribution in [3.63, 3.8) is 0 Å². The average molecular weight is 626 g/mol. The van der Waals surface area contributed by atoms with Crippen LogP contribution in [0.15, 0.2) is 53.1 Å². The summed E-state index contributed by atoms with van der Waals surface area (Å²) >= 11 is 0. The Morgan fingerprint density at radius 3 is 2.37 bits per heavy atom. The first-order chi connectivity index (χ1) is 22.3. The molecule has 3 aromatic rings. The third kappa shape index (κ3) is 6.03. The summed E-state index contributed by atoms with van der Waals surface area (Å²) < 4.78 is 16.9. The van der Waals surface area contributed by atoms with E-state index in [9.17, 15) is 9.59 Å². The van der Waals surface area contributed by atoms with Crippen molar-refractivity contribution in [2.45, 2.75) is 101 Å². The van der Waals surface area contributed by atoms with E-state index in [1.165, 1.54) is 11.1 Å². The van der Waals surface area contributed by atoms with E-state index in [0.717, 1.165) is 99.3 Å². The van der Waals surface area contributed by atoms with Crippen LogP contribution < -0.4 is 15.0 Å². The quantitative estimate of drug-likeness (QED) is 0.258. The Morgan fingerprint density at radius 2 is 1.72 bits per heavy atom. The molecule has 0 radical (unpaired) electrons. The zero-order valence-corrected chi connectivity index (χ0v) is 27.5. The fourth-order valence-electron chi connectivity index (χ4n) is 8.40. The lowest BCUT2D eigenvalue weighted by Gasteiger charge is -2.55. The topological polar surface area (TPSA) is 93.9 Å². The maximum atomic E-state index is 14.5. The van der Waals surface area contributed by atoms with E-state index < -0.39 is 6.09 Å². The Hall–Kier alpha value is -3.81. The SMILES string of the molecule is CNC(=O)OC1CCC(C(=O)N(CC23CCC(c4ccc(OC)c(C)c4)(CC2)CC3)c2cccc(-c3coc(C4CC4)n3)c2)CC1. The molecule has 244 valence electrons. The molecular weight excluding hydrogens is 578 g/mol. The summed E-state index contributed by atoms with van der Waals surface area (Å²) in [5.41, 5.74) is 5.69. The second-order valence-corrected chi connectivity index (χ2v) is 14.4. The maximum Gasteiger partial charge on any atom is 0.407 e. The van der Waals surface area contributed by atoms with Gasteiger partial charge in [-0.25, -0.2) is 9.78 Å². The van der Waals surface area contributed by atoms with Crippen molar-refractivity contribution in [1.29, 1.82) is 0 Å². The van der Waals surface area contributed by atoms with Crippen LogP contribution in [0.1, 0.15) is 100.0 Å². The highest BCUT2D eigenvalue weighted by molar-refractivity contribution is 5.95. The van der Waals surface area contributed by atoms with Crippen LogP contribution in [0.3, 0.4) is 0 Å². The summed E-state index contributed by atoms with van der Waals surface area (Å²) in [6.07, 6.45) is 13.1. The molecule has 5 aliphatic carbocycles. The van der Waals surface area contributed by atoms with Crippen molar-refractivity contribution in [1.82, 2.24) is 10.3 Å². The zero-order valence-electron chi connectivity index (χ0n) is 27.5. The van der Waals surface area contributed by atoms with E-state index in [0.29, 0.717) is 18.8 Å². The highest BCUT2D eigenvalue weighted by Crippen LogP contribution is 2.58. The number of aryl methyl sites for hydroxylation is 1. The average Bonchev–Trinajstić information content (AvgIpc) is 3.83. The van der Waals surface area contributed by atoms with E-state index >= 15 is 0 Å². The van der Waals surface area contributed by atoms with Crippen molar-refractivity contribution in [3.05, 3.63) is 65.7 Å². The van der Waals surface area contributed by atoms with Gasteiger partial charge in [0.25, 0.3) is 0 Å². The number of alkyl carbamates (subject to hydrolysis) is 1. The summed E-state index contributed by atoms with van der Waals surface area (Å²) in [5.74, 6) is 2.32. The lowest BCUT2D eigenvalue weighted by Crippen LogP contribution is -2.51. The zero-order chi connectivity index (χ0) is 31.9. The first kappa shape index (κ1) is 30.8. The molecule has 5 aliphatic rings. The Balaban J connectivity index is 1.12. The number of oxazole rings is 1. The normalized spacial score (nSPS) is 27.2. The second-order valence-electron chi connectivity index (χ2n) is 14.4. The van der Waals surface area contributed by atoms with Crippen LogP contribution in [0.2, 0.25) is 0 Å². The minimum Gasteiger partial charge on any atom is -0.496 e. The van der Waals surface area contributed by atoms with Crippen molar-refractivity contribution >= 4 is 17.7 Å². The molecule has 2 amide bonds. The maximum absolute atomic E-state index is 14.5. The number of carbonyl (C=O) groups excluding carboxylic acids is 2. The third-order valence-corrected chi connectivity index (χ3v) is 11.6. The van der Waals surface area contributed by atoms with Crippen LogP contribution in [0.4, 0.5) is 10.5 Å². The molecule has 2 bridgehead atoms. The molecule has 0 atom stereocenters. The van der Waals surface area contributed by atoms with E-state index in [4.69, 9.17) is 18.9 Å². The molecule has 0 unspecified atom stereocenters. The predicted octanol–water partition coefficient (Wildman–Crippen LogP) is 8.08. The molecule has 1 aromatic heterocycles. The monoisotopic (exact) mass is 625 g/mol. The Labute approximate surface area is 272 Å². The van der Waals surface area contributed by atoms with Gasteiger partial charge in [0.05, 0.1) is 7.11 Å². The van der Waals surface area contributed by atoms with Gasteiger partial charge in [0, 0.05) is 36.7 Å². The first-order valence-electron chi connectivity index (χ1n) is 17.2. The number of fused-ring (bicyclic) bond motifs is 3. The number of amides is 2. The molecule has 8 rings (SSSR count). The number of aromatic nitrogens is 1. The number of hydrogen-bond donors (Lipinski definition) is 1. The van der Waals surface area contributed by atoms with Crippen LogP contribution in [0, 0.1) is 18.3 Å². The molecule has 1 heterocycles. The van der Waals surface area contributed by atoms with Crippen LogP contribution in [-0.4, -0.2) is 43.8 Å². The van der Waals surface area contributed by atoms with Gasteiger partial charge in [0.2, 0.25) is 5.91 Å². The fraction of sp³-hybridized carbons (Fsp3) is 0.553. The van der Waals surface area contributed by atoms with Crippen molar-refractivity contribution < 1.29 is 23.5 Å². The minimum absolute atomic E-state index is 0.0911. The summed E-state index contributed by atoms with van der Waals surface area (Å²) in [6.45, 7) is 2.87. The van der Waals surface area contributed by atoms with Crippen LogP contribution >= 0.6 is 0 Å². The van der Waals surface area contributed by atoms with Crippen LogP contribution in [-0.2, 0) is 14.9 Å². The smallest absolute Gasteiger partial charge is 0.407 e. The van der Waals surface area contributed by atoms with Gasteiger partial charge in [-0.1, -0.05) is 24.3 Å². The summed E-state index contributed by atoms with van der Waals surface area (Å²) in [7, 11) is 3.31. The predicted molar refractivity (Wildman–Crippen MR) is 177 cm³/mol. The van der Waals surface area contributed by atoms with E-state index in [2.05, 4.69) is 53.5 Å². The van der Waals surface area contributed by atoms with Gasteiger partial charge in [0.1, 0.15) is 23.8 Å². The van der Waals surface area contributed by atoms with Crippen LogP contribution in [0.5, 0.6) is 5.75 Å². The van der Waals surface area contributed by atoms with Gasteiger partial charge in [-0.2, -0.15) is 0 Å². The highest BCUT2D eigenvalue weighted by atomic mass is 16.6. The number of hydrogen-bond acceptors (Lipinski definition) is 6. The van der Waals surface area contributed by atoms with Crippen molar-refractivity contribution in [2.24, 2.45) is 11.3 Å². The molecule has 2 aromatic carbocycles. The largest absolute Gasteiger partial charge is 0.496 e. The third-order valence-electron chi connectivity index (χ3n) is 11.6. The number of benzene rings is 2. The van der Waals surface area contributed by atoms with Gasteiger partial charge in [0.15, 0.2) is 5.89 Å². The summed E-state index contributed by atoms with van der Waals surface area (Å²) in [4.78, 5) is 33.2. The Kier molecular flexibility index (Phi) is 8.32. The van der Waals surface area contributed by atoms with Gasteiger partial charge in [-0.05, 0) is 124 Å². The molecule has 46 heavy (non-hydrogen) atoms. The highest BCUT2D eigenvalue weighted by Gasteiger charge is 2.50. The Bertz CT molecular complexity index is 1560. The number of carbonyl (C=O) groups is 2. The minimum atomic E-state index is -0.402. The molecule has 8 nitrogen and oxygen atoms in total. The lowest BCUT2D eigenvalue weighted by molar-refractivity contribution is -0.124. The van der Waals surface area contributed by atoms with Gasteiger partial charge >= 0.3 is 6.09 Å². The van der Waals surface area contributed by atoms with Crippen molar-refractivity contribution in [3.8, 4) is 17.0 Å². The molecule has 5 saturated carbocycles. The molecular formula is C38H47N3O5. The first-order valence-corrected chi connectivity index (χ1v) is 17.2.